The Bertz CT molecular complexity index is 917. The Kier molecular flexibility index (Phi) is 4.91. The van der Waals surface area contributed by atoms with E-state index in [0.717, 1.165) is 29.3 Å². The number of imidazole rings is 1. The van der Waals surface area contributed by atoms with Crippen molar-refractivity contribution in [2.24, 2.45) is 0 Å². The first-order chi connectivity index (χ1) is 12.7. The van der Waals surface area contributed by atoms with E-state index in [4.69, 9.17) is 11.6 Å². The van der Waals surface area contributed by atoms with Gasteiger partial charge in [0.15, 0.2) is 0 Å². The van der Waals surface area contributed by atoms with Crippen LogP contribution in [0.4, 0.5) is 0 Å². The van der Waals surface area contributed by atoms with Gasteiger partial charge < -0.3 is 9.72 Å². The molecule has 4 rings (SSSR count). The number of amides is 1. The van der Waals surface area contributed by atoms with Crippen LogP contribution in [0.25, 0.3) is 5.65 Å². The molecule has 2 aromatic heterocycles. The molecule has 134 valence electrons. The predicted molar refractivity (Wildman–Crippen MR) is 103 cm³/mol. The molecule has 3 heterocycles. The predicted octanol–water partition coefficient (Wildman–Crippen LogP) is 3.55. The highest BCUT2D eigenvalue weighted by atomic mass is 35.5. The van der Waals surface area contributed by atoms with E-state index >= 15 is 0 Å². The van der Waals surface area contributed by atoms with Crippen molar-refractivity contribution in [2.45, 2.75) is 18.9 Å². The van der Waals surface area contributed by atoms with Crippen LogP contribution in [-0.4, -0.2) is 39.8 Å². The number of fused-ring (bicyclic) bond motifs is 1. The summed E-state index contributed by atoms with van der Waals surface area (Å²) in [6.07, 6.45) is 7.73. The molecule has 1 amide bonds. The van der Waals surface area contributed by atoms with Crippen molar-refractivity contribution in [3.63, 3.8) is 0 Å². The van der Waals surface area contributed by atoms with E-state index in [1.165, 1.54) is 12.8 Å². The van der Waals surface area contributed by atoms with Crippen molar-refractivity contribution in [2.75, 3.05) is 19.6 Å². The zero-order valence-corrected chi connectivity index (χ0v) is 15.2. The Labute approximate surface area is 157 Å². The average Bonchev–Trinajstić information content (AvgIpc) is 3.34. The highest BCUT2D eigenvalue weighted by molar-refractivity contribution is 6.31. The maximum absolute atomic E-state index is 12.6. The van der Waals surface area contributed by atoms with Gasteiger partial charge in [0, 0.05) is 30.2 Å². The maximum Gasteiger partial charge on any atom is 0.252 e. The van der Waals surface area contributed by atoms with E-state index in [1.54, 1.807) is 18.5 Å². The minimum atomic E-state index is -0.0862. The van der Waals surface area contributed by atoms with E-state index in [9.17, 15) is 4.79 Å². The van der Waals surface area contributed by atoms with E-state index in [1.807, 2.05) is 34.9 Å². The molecule has 26 heavy (non-hydrogen) atoms. The number of carbonyl (C=O) groups is 1. The monoisotopic (exact) mass is 368 g/mol. The zero-order chi connectivity index (χ0) is 17.9. The minimum absolute atomic E-state index is 0.0862. The lowest BCUT2D eigenvalue weighted by atomic mass is 10.1. The number of aromatic nitrogens is 2. The molecule has 0 radical (unpaired) electrons. The van der Waals surface area contributed by atoms with Crippen LogP contribution in [0.2, 0.25) is 5.02 Å². The summed E-state index contributed by atoms with van der Waals surface area (Å²) in [5.41, 5.74) is 2.52. The van der Waals surface area contributed by atoms with E-state index < -0.39 is 0 Å². The number of rotatable bonds is 5. The summed E-state index contributed by atoms with van der Waals surface area (Å²) >= 11 is 6.43. The van der Waals surface area contributed by atoms with Crippen molar-refractivity contribution >= 4 is 23.2 Å². The van der Waals surface area contributed by atoms with Crippen LogP contribution < -0.4 is 5.32 Å². The van der Waals surface area contributed by atoms with Crippen molar-refractivity contribution < 1.29 is 4.79 Å². The van der Waals surface area contributed by atoms with Crippen LogP contribution in [0.3, 0.4) is 0 Å². The van der Waals surface area contributed by atoms with Gasteiger partial charge in [0.25, 0.3) is 5.91 Å². The number of nitrogens with one attached hydrogen (secondary N) is 1. The van der Waals surface area contributed by atoms with Crippen LogP contribution in [-0.2, 0) is 0 Å². The van der Waals surface area contributed by atoms with Crippen molar-refractivity contribution in [3.8, 4) is 0 Å². The molecule has 0 spiro atoms. The molecule has 6 heteroatoms. The van der Waals surface area contributed by atoms with Gasteiger partial charge in [0.05, 0.1) is 11.6 Å². The second-order valence-electron chi connectivity index (χ2n) is 6.60. The minimum Gasteiger partial charge on any atom is -0.350 e. The number of hydrogen-bond acceptors (Lipinski definition) is 3. The fourth-order valence-electron chi connectivity index (χ4n) is 3.58. The van der Waals surface area contributed by atoms with E-state index in [0.29, 0.717) is 12.1 Å². The van der Waals surface area contributed by atoms with Gasteiger partial charge in [-0.2, -0.15) is 0 Å². The third-order valence-corrected chi connectivity index (χ3v) is 5.30. The van der Waals surface area contributed by atoms with Crippen molar-refractivity contribution in [1.29, 1.82) is 0 Å². The second kappa shape index (κ2) is 7.48. The molecule has 1 aliphatic heterocycles. The Balaban J connectivity index is 1.52. The zero-order valence-electron chi connectivity index (χ0n) is 14.4. The summed E-state index contributed by atoms with van der Waals surface area (Å²) in [6, 6.07) is 11.6. The van der Waals surface area contributed by atoms with Gasteiger partial charge in [-0.3, -0.25) is 9.69 Å². The Morgan fingerprint density at radius 3 is 2.81 bits per heavy atom. The molecule has 1 aliphatic rings. The quantitative estimate of drug-likeness (QED) is 0.749. The molecule has 1 fully saturated rings. The molecular formula is C20H21ClN4O. The summed E-state index contributed by atoms with van der Waals surface area (Å²) in [5.74, 6) is -0.0862. The topological polar surface area (TPSA) is 49.6 Å². The Hall–Kier alpha value is -2.37. The summed E-state index contributed by atoms with van der Waals surface area (Å²) in [7, 11) is 0. The first-order valence-electron chi connectivity index (χ1n) is 8.92. The average molecular weight is 369 g/mol. The molecule has 1 unspecified atom stereocenters. The maximum atomic E-state index is 12.6. The number of benzene rings is 1. The molecular weight excluding hydrogens is 348 g/mol. The molecule has 0 saturated carbocycles. The van der Waals surface area contributed by atoms with Gasteiger partial charge in [-0.05, 0) is 49.7 Å². The largest absolute Gasteiger partial charge is 0.350 e. The van der Waals surface area contributed by atoms with Crippen molar-refractivity contribution in [3.05, 3.63) is 71.1 Å². The van der Waals surface area contributed by atoms with E-state index in [-0.39, 0.29) is 11.9 Å². The number of carbonyl (C=O) groups excluding carboxylic acids is 1. The fraction of sp³-hybridized carbons (Fsp3) is 0.300. The summed E-state index contributed by atoms with van der Waals surface area (Å²) < 4.78 is 1.85. The van der Waals surface area contributed by atoms with Crippen LogP contribution >= 0.6 is 11.6 Å². The van der Waals surface area contributed by atoms with Crippen LogP contribution in [0.1, 0.15) is 34.8 Å². The SMILES string of the molecule is O=C(NCC(c1ccccc1Cl)N1CCCC1)c1ccc2nccn2c1. The molecule has 1 saturated heterocycles. The highest BCUT2D eigenvalue weighted by Gasteiger charge is 2.25. The second-order valence-corrected chi connectivity index (χ2v) is 7.01. The third-order valence-electron chi connectivity index (χ3n) is 4.95. The van der Waals surface area contributed by atoms with Gasteiger partial charge in [-0.1, -0.05) is 29.8 Å². The summed E-state index contributed by atoms with van der Waals surface area (Å²) in [4.78, 5) is 19.3. The van der Waals surface area contributed by atoms with Crippen LogP contribution in [0.5, 0.6) is 0 Å². The number of pyridine rings is 1. The first kappa shape index (κ1) is 17.1. The van der Waals surface area contributed by atoms with E-state index in [2.05, 4.69) is 21.3 Å². The van der Waals surface area contributed by atoms with Crippen LogP contribution in [0, 0.1) is 0 Å². The molecule has 0 bridgehead atoms. The molecule has 0 aliphatic carbocycles. The van der Waals surface area contributed by atoms with Gasteiger partial charge in [0.2, 0.25) is 0 Å². The highest BCUT2D eigenvalue weighted by Crippen LogP contribution is 2.29. The normalized spacial score (nSPS) is 16.0. The van der Waals surface area contributed by atoms with Gasteiger partial charge in [-0.25, -0.2) is 4.98 Å². The number of halogens is 1. The number of hydrogen-bond donors (Lipinski definition) is 1. The van der Waals surface area contributed by atoms with Gasteiger partial charge in [0.1, 0.15) is 5.65 Å². The van der Waals surface area contributed by atoms with Gasteiger partial charge >= 0.3 is 0 Å². The Morgan fingerprint density at radius 1 is 1.19 bits per heavy atom. The van der Waals surface area contributed by atoms with Gasteiger partial charge in [-0.15, -0.1) is 0 Å². The Morgan fingerprint density at radius 2 is 2.00 bits per heavy atom. The lowest BCUT2D eigenvalue weighted by molar-refractivity contribution is 0.0937. The lowest BCUT2D eigenvalue weighted by Gasteiger charge is -2.29. The number of likely N-dealkylation sites (tertiary alicyclic amines) is 1. The number of nitrogens with zero attached hydrogens (tertiary/aromatic N) is 3. The van der Waals surface area contributed by atoms with Crippen LogP contribution in [0.15, 0.2) is 55.0 Å². The molecule has 1 atom stereocenters. The fourth-order valence-corrected chi connectivity index (χ4v) is 3.84. The molecule has 1 aromatic carbocycles. The van der Waals surface area contributed by atoms with Crippen molar-refractivity contribution in [1.82, 2.24) is 19.6 Å². The summed E-state index contributed by atoms with van der Waals surface area (Å²) in [6.45, 7) is 2.60. The lowest BCUT2D eigenvalue weighted by Crippen LogP contribution is -2.37. The molecule has 3 aromatic rings. The first-order valence-corrected chi connectivity index (χ1v) is 9.29. The smallest absolute Gasteiger partial charge is 0.252 e. The summed E-state index contributed by atoms with van der Waals surface area (Å²) in [5, 5.41) is 3.83. The third kappa shape index (κ3) is 3.45. The standard InChI is InChI=1S/C20H21ClN4O/c21-17-6-2-1-5-16(17)18(24-10-3-4-11-24)13-23-20(26)15-7-8-19-22-9-12-25(19)14-15/h1-2,5-9,12,14,18H,3-4,10-11,13H2,(H,23,26). The molecule has 1 N–H and O–H groups in total. The molecule has 5 nitrogen and oxygen atoms in total.